The maximum atomic E-state index is 5.82. The zero-order valence-corrected chi connectivity index (χ0v) is 10.9. The molecule has 94 valence electrons. The fraction of sp³-hybridized carbons (Fsp3) is 0.692. The van der Waals surface area contributed by atoms with Crippen molar-refractivity contribution in [3.63, 3.8) is 0 Å². The fourth-order valence-electron chi connectivity index (χ4n) is 2.47. The van der Waals surface area contributed by atoms with Crippen LogP contribution in [0.5, 0.6) is 0 Å². The molecule has 0 fully saturated rings. The van der Waals surface area contributed by atoms with Gasteiger partial charge in [-0.3, -0.25) is 0 Å². The lowest BCUT2D eigenvalue weighted by Crippen LogP contribution is -2.26. The number of hydrogen-bond acceptors (Lipinski definition) is 4. The van der Waals surface area contributed by atoms with Gasteiger partial charge in [-0.25, -0.2) is 9.97 Å². The number of nitrogens with two attached hydrogens (primary N) is 1. The summed E-state index contributed by atoms with van der Waals surface area (Å²) in [6, 6.07) is 0. The van der Waals surface area contributed by atoms with Gasteiger partial charge in [0.05, 0.1) is 5.69 Å². The molecule has 1 aromatic rings. The van der Waals surface area contributed by atoms with Crippen molar-refractivity contribution in [3.05, 3.63) is 17.0 Å². The Labute approximate surface area is 103 Å². The molecule has 0 amide bonds. The van der Waals surface area contributed by atoms with Gasteiger partial charge in [0, 0.05) is 25.3 Å². The van der Waals surface area contributed by atoms with Crippen molar-refractivity contribution >= 4 is 5.95 Å². The first-order valence-corrected chi connectivity index (χ1v) is 6.63. The van der Waals surface area contributed by atoms with Crippen molar-refractivity contribution in [2.24, 2.45) is 5.73 Å². The molecule has 2 N–H and O–H groups in total. The Morgan fingerprint density at radius 3 is 2.47 bits per heavy atom. The van der Waals surface area contributed by atoms with Crippen LogP contribution in [0.15, 0.2) is 0 Å². The van der Waals surface area contributed by atoms with E-state index in [0.29, 0.717) is 6.54 Å². The highest BCUT2D eigenvalue weighted by molar-refractivity contribution is 5.38. The van der Waals surface area contributed by atoms with Crippen LogP contribution in [0, 0.1) is 0 Å². The third-order valence-corrected chi connectivity index (χ3v) is 3.50. The Balaban J connectivity index is 2.42. The van der Waals surface area contributed by atoms with Crippen LogP contribution in [0.2, 0.25) is 0 Å². The standard InChI is InChI=1S/C13H22N4/c1-3-17(4-2)13-15-11-8-6-5-7-10(11)12(9-14)16-13/h3-9,14H2,1-2H3. The molecule has 4 nitrogen and oxygen atoms in total. The van der Waals surface area contributed by atoms with E-state index in [2.05, 4.69) is 23.7 Å². The van der Waals surface area contributed by atoms with Crippen molar-refractivity contribution in [1.29, 1.82) is 0 Å². The monoisotopic (exact) mass is 234 g/mol. The van der Waals surface area contributed by atoms with Gasteiger partial charge < -0.3 is 10.6 Å². The number of fused-ring (bicyclic) bond motifs is 1. The molecule has 0 spiro atoms. The van der Waals surface area contributed by atoms with Crippen LogP contribution in [-0.2, 0) is 19.4 Å². The second-order valence-electron chi connectivity index (χ2n) is 4.48. The van der Waals surface area contributed by atoms with Crippen molar-refractivity contribution in [2.75, 3.05) is 18.0 Å². The number of nitrogens with zero attached hydrogens (tertiary/aromatic N) is 3. The molecule has 1 aliphatic carbocycles. The van der Waals surface area contributed by atoms with E-state index in [0.717, 1.165) is 37.6 Å². The highest BCUT2D eigenvalue weighted by Gasteiger charge is 2.18. The first-order valence-electron chi connectivity index (χ1n) is 6.63. The molecule has 0 radical (unpaired) electrons. The number of rotatable bonds is 4. The third kappa shape index (κ3) is 2.41. The van der Waals surface area contributed by atoms with Gasteiger partial charge in [0.25, 0.3) is 0 Å². The summed E-state index contributed by atoms with van der Waals surface area (Å²) >= 11 is 0. The average Bonchev–Trinajstić information content (AvgIpc) is 2.39. The van der Waals surface area contributed by atoms with Crippen LogP contribution in [0.1, 0.15) is 43.6 Å². The molecule has 0 saturated heterocycles. The van der Waals surface area contributed by atoms with Gasteiger partial charge in [-0.2, -0.15) is 0 Å². The minimum Gasteiger partial charge on any atom is -0.341 e. The van der Waals surface area contributed by atoms with E-state index < -0.39 is 0 Å². The van der Waals surface area contributed by atoms with Gasteiger partial charge in [0.15, 0.2) is 0 Å². The van der Waals surface area contributed by atoms with Crippen molar-refractivity contribution in [1.82, 2.24) is 9.97 Å². The molecule has 1 aliphatic rings. The van der Waals surface area contributed by atoms with E-state index in [9.17, 15) is 0 Å². The van der Waals surface area contributed by atoms with Crippen molar-refractivity contribution < 1.29 is 0 Å². The number of aromatic nitrogens is 2. The maximum Gasteiger partial charge on any atom is 0.225 e. The molecule has 0 aromatic carbocycles. The third-order valence-electron chi connectivity index (χ3n) is 3.50. The van der Waals surface area contributed by atoms with E-state index in [1.54, 1.807) is 0 Å². The molecule has 4 heteroatoms. The molecule has 0 saturated carbocycles. The summed E-state index contributed by atoms with van der Waals surface area (Å²) in [6.07, 6.45) is 4.67. The Hall–Kier alpha value is -1.16. The number of aryl methyl sites for hydroxylation is 1. The SMILES string of the molecule is CCN(CC)c1nc(CN)c2c(n1)CCCC2. The van der Waals surface area contributed by atoms with E-state index in [1.165, 1.54) is 24.1 Å². The van der Waals surface area contributed by atoms with E-state index in [-0.39, 0.29) is 0 Å². The summed E-state index contributed by atoms with van der Waals surface area (Å²) < 4.78 is 0. The van der Waals surface area contributed by atoms with Gasteiger partial charge in [0.2, 0.25) is 5.95 Å². The normalized spacial score (nSPS) is 14.5. The van der Waals surface area contributed by atoms with Crippen LogP contribution < -0.4 is 10.6 Å². The summed E-state index contributed by atoms with van der Waals surface area (Å²) in [6.45, 7) is 6.68. The molecule has 17 heavy (non-hydrogen) atoms. The number of anilines is 1. The molecular formula is C13H22N4. The highest BCUT2D eigenvalue weighted by Crippen LogP contribution is 2.24. The van der Waals surface area contributed by atoms with E-state index >= 15 is 0 Å². The molecule has 2 rings (SSSR count). The predicted molar refractivity (Wildman–Crippen MR) is 70.1 cm³/mol. The lowest BCUT2D eigenvalue weighted by Gasteiger charge is -2.23. The first-order chi connectivity index (χ1) is 8.30. The molecule has 0 aliphatic heterocycles. The predicted octanol–water partition coefficient (Wildman–Crippen LogP) is 1.66. The Kier molecular flexibility index (Phi) is 3.94. The summed E-state index contributed by atoms with van der Waals surface area (Å²) in [7, 11) is 0. The molecule has 0 bridgehead atoms. The quantitative estimate of drug-likeness (QED) is 0.861. The second-order valence-corrected chi connectivity index (χ2v) is 4.48. The molecule has 1 aromatic heterocycles. The summed E-state index contributed by atoms with van der Waals surface area (Å²) in [5, 5.41) is 0. The molecular weight excluding hydrogens is 212 g/mol. The Bertz CT molecular complexity index is 368. The minimum absolute atomic E-state index is 0.527. The van der Waals surface area contributed by atoms with Crippen molar-refractivity contribution in [2.45, 2.75) is 46.1 Å². The van der Waals surface area contributed by atoms with Crippen LogP contribution in [0.25, 0.3) is 0 Å². The van der Waals surface area contributed by atoms with Gasteiger partial charge >= 0.3 is 0 Å². The molecule has 1 heterocycles. The maximum absolute atomic E-state index is 5.82. The largest absolute Gasteiger partial charge is 0.341 e. The molecule has 0 atom stereocenters. The molecule has 0 unspecified atom stereocenters. The first kappa shape index (κ1) is 12.3. The smallest absolute Gasteiger partial charge is 0.225 e. The van der Waals surface area contributed by atoms with Gasteiger partial charge in [-0.05, 0) is 45.1 Å². The zero-order valence-electron chi connectivity index (χ0n) is 10.9. The minimum atomic E-state index is 0.527. The topological polar surface area (TPSA) is 55.0 Å². The van der Waals surface area contributed by atoms with Crippen molar-refractivity contribution in [3.8, 4) is 0 Å². The van der Waals surface area contributed by atoms with Crippen LogP contribution in [0.4, 0.5) is 5.95 Å². The highest BCUT2D eigenvalue weighted by atomic mass is 15.2. The van der Waals surface area contributed by atoms with E-state index in [4.69, 9.17) is 10.7 Å². The Morgan fingerprint density at radius 1 is 1.12 bits per heavy atom. The van der Waals surface area contributed by atoms with Gasteiger partial charge in [0.1, 0.15) is 0 Å². The summed E-state index contributed by atoms with van der Waals surface area (Å²) in [4.78, 5) is 11.5. The van der Waals surface area contributed by atoms with E-state index in [1.807, 2.05) is 0 Å². The van der Waals surface area contributed by atoms with Gasteiger partial charge in [-0.15, -0.1) is 0 Å². The summed E-state index contributed by atoms with van der Waals surface area (Å²) in [5.41, 5.74) is 9.41. The van der Waals surface area contributed by atoms with Gasteiger partial charge in [-0.1, -0.05) is 0 Å². The lowest BCUT2D eigenvalue weighted by atomic mass is 9.94. The number of hydrogen-bond donors (Lipinski definition) is 1. The zero-order chi connectivity index (χ0) is 12.3. The van der Waals surface area contributed by atoms with Crippen LogP contribution >= 0.6 is 0 Å². The lowest BCUT2D eigenvalue weighted by molar-refractivity contribution is 0.646. The van der Waals surface area contributed by atoms with Crippen LogP contribution in [-0.4, -0.2) is 23.1 Å². The summed E-state index contributed by atoms with van der Waals surface area (Å²) in [5.74, 6) is 0.858. The van der Waals surface area contributed by atoms with Crippen LogP contribution in [0.3, 0.4) is 0 Å². The Morgan fingerprint density at radius 2 is 1.82 bits per heavy atom. The average molecular weight is 234 g/mol. The second kappa shape index (κ2) is 5.45. The fourth-order valence-corrected chi connectivity index (χ4v) is 2.47.